The number of para-hydroxylation sites is 1. The minimum absolute atomic E-state index is 0.268. The first-order chi connectivity index (χ1) is 12.5. The van der Waals surface area contributed by atoms with Crippen molar-refractivity contribution in [1.29, 1.82) is 0 Å². The summed E-state index contributed by atoms with van der Waals surface area (Å²) in [5, 5.41) is 0. The lowest BCUT2D eigenvalue weighted by molar-refractivity contribution is -0.147. The highest BCUT2D eigenvalue weighted by Gasteiger charge is 2.13. The van der Waals surface area contributed by atoms with Gasteiger partial charge in [0.1, 0.15) is 11.6 Å². The Balaban J connectivity index is 1.85. The van der Waals surface area contributed by atoms with Crippen molar-refractivity contribution < 1.29 is 23.5 Å². The maximum absolute atomic E-state index is 13.5. The van der Waals surface area contributed by atoms with Crippen molar-refractivity contribution in [3.05, 3.63) is 71.6 Å². The molecule has 0 N–H and O–H groups in total. The zero-order valence-corrected chi connectivity index (χ0v) is 14.6. The number of methoxy groups -OCH3 is 1. The Morgan fingerprint density at radius 2 is 1.81 bits per heavy atom. The van der Waals surface area contributed by atoms with Crippen LogP contribution in [0.2, 0.25) is 0 Å². The number of halogens is 1. The molecular weight excluding hydrogens is 337 g/mol. The van der Waals surface area contributed by atoms with Crippen LogP contribution in [0.5, 0.6) is 5.75 Å². The Morgan fingerprint density at radius 1 is 1.12 bits per heavy atom. The van der Waals surface area contributed by atoms with Crippen molar-refractivity contribution >= 4 is 18.0 Å². The molecule has 26 heavy (non-hydrogen) atoms. The van der Waals surface area contributed by atoms with Gasteiger partial charge in [-0.2, -0.15) is 0 Å². The largest absolute Gasteiger partial charge is 0.496 e. The van der Waals surface area contributed by atoms with Gasteiger partial charge >= 0.3 is 5.97 Å². The molecule has 6 heteroatoms. The average Bonchev–Trinajstić information content (AvgIpc) is 2.65. The third kappa shape index (κ3) is 5.44. The summed E-state index contributed by atoms with van der Waals surface area (Å²) >= 11 is 0. The monoisotopic (exact) mass is 357 g/mol. The third-order valence-corrected chi connectivity index (χ3v) is 3.67. The van der Waals surface area contributed by atoms with Gasteiger partial charge in [0.05, 0.1) is 7.11 Å². The smallest absolute Gasteiger partial charge is 0.331 e. The lowest BCUT2D eigenvalue weighted by atomic mass is 10.2. The lowest BCUT2D eigenvalue weighted by Crippen LogP contribution is -2.30. The summed E-state index contributed by atoms with van der Waals surface area (Å²) < 4.78 is 23.6. The summed E-state index contributed by atoms with van der Waals surface area (Å²) in [5.74, 6) is -0.836. The highest BCUT2D eigenvalue weighted by atomic mass is 19.1. The van der Waals surface area contributed by atoms with Crippen LogP contribution in [0.15, 0.2) is 54.6 Å². The topological polar surface area (TPSA) is 55.8 Å². The standard InChI is InChI=1S/C20H20FNO4/c1-22(13-16-8-4-6-10-18(16)25-2)19(23)14-26-20(24)12-11-15-7-3-5-9-17(15)21/h3-12H,13-14H2,1-2H3/b12-11+. The van der Waals surface area contributed by atoms with Crippen molar-refractivity contribution in [3.8, 4) is 5.75 Å². The Labute approximate surface area is 151 Å². The SMILES string of the molecule is COc1ccccc1CN(C)C(=O)COC(=O)/C=C/c1ccccc1F. The number of rotatable bonds is 7. The molecule has 1 amide bonds. The number of esters is 1. The Kier molecular flexibility index (Phi) is 6.91. The number of carbonyl (C=O) groups excluding carboxylic acids is 2. The lowest BCUT2D eigenvalue weighted by Gasteiger charge is -2.18. The molecule has 0 saturated carbocycles. The second kappa shape index (κ2) is 9.36. The van der Waals surface area contributed by atoms with Gasteiger partial charge in [0.15, 0.2) is 6.61 Å². The summed E-state index contributed by atoms with van der Waals surface area (Å²) in [5.41, 5.74) is 1.11. The summed E-state index contributed by atoms with van der Waals surface area (Å²) in [6.07, 6.45) is 2.40. The number of hydrogen-bond acceptors (Lipinski definition) is 4. The molecule has 2 aromatic rings. The molecule has 0 aliphatic heterocycles. The van der Waals surface area contributed by atoms with Gasteiger partial charge in [-0.25, -0.2) is 9.18 Å². The van der Waals surface area contributed by atoms with E-state index in [9.17, 15) is 14.0 Å². The number of carbonyl (C=O) groups is 2. The van der Waals surface area contributed by atoms with E-state index in [4.69, 9.17) is 9.47 Å². The maximum Gasteiger partial charge on any atom is 0.331 e. The summed E-state index contributed by atoms with van der Waals surface area (Å²) in [4.78, 5) is 25.2. The predicted molar refractivity (Wildman–Crippen MR) is 95.9 cm³/mol. The van der Waals surface area contributed by atoms with E-state index in [0.717, 1.165) is 11.6 Å². The molecule has 0 aliphatic carbocycles. The van der Waals surface area contributed by atoms with E-state index < -0.39 is 18.4 Å². The summed E-state index contributed by atoms with van der Waals surface area (Å²) in [6, 6.07) is 13.4. The number of hydrogen-bond donors (Lipinski definition) is 0. The van der Waals surface area contributed by atoms with Crippen LogP contribution in [0.1, 0.15) is 11.1 Å². The van der Waals surface area contributed by atoms with E-state index >= 15 is 0 Å². The van der Waals surface area contributed by atoms with E-state index in [2.05, 4.69) is 0 Å². The average molecular weight is 357 g/mol. The Bertz CT molecular complexity index is 804. The fourth-order valence-corrected chi connectivity index (χ4v) is 2.24. The fraction of sp³-hybridized carbons (Fsp3) is 0.200. The molecule has 0 bridgehead atoms. The van der Waals surface area contributed by atoms with Gasteiger partial charge in [0, 0.05) is 30.8 Å². The predicted octanol–water partition coefficient (Wildman–Crippen LogP) is 3.05. The molecule has 0 saturated heterocycles. The highest BCUT2D eigenvalue weighted by molar-refractivity contribution is 5.89. The molecule has 0 spiro atoms. The molecule has 2 aromatic carbocycles. The van der Waals surface area contributed by atoms with Gasteiger partial charge in [-0.1, -0.05) is 36.4 Å². The van der Waals surface area contributed by atoms with E-state index in [1.165, 1.54) is 23.1 Å². The van der Waals surface area contributed by atoms with Crippen molar-refractivity contribution in [2.24, 2.45) is 0 Å². The van der Waals surface area contributed by atoms with Crippen LogP contribution in [0.25, 0.3) is 6.08 Å². The van der Waals surface area contributed by atoms with Crippen LogP contribution in [0.4, 0.5) is 4.39 Å². The minimum Gasteiger partial charge on any atom is -0.496 e. The van der Waals surface area contributed by atoms with Crippen LogP contribution >= 0.6 is 0 Å². The Morgan fingerprint density at radius 3 is 2.54 bits per heavy atom. The van der Waals surface area contributed by atoms with Crippen molar-refractivity contribution in [2.45, 2.75) is 6.54 Å². The molecule has 2 rings (SSSR count). The Hall–Kier alpha value is -3.15. The number of ether oxygens (including phenoxy) is 2. The number of likely N-dealkylation sites (N-methyl/N-ethyl adjacent to an activating group) is 1. The van der Waals surface area contributed by atoms with Gasteiger partial charge in [-0.15, -0.1) is 0 Å². The second-order valence-corrected chi connectivity index (χ2v) is 5.52. The van der Waals surface area contributed by atoms with Crippen molar-refractivity contribution in [1.82, 2.24) is 4.90 Å². The van der Waals surface area contributed by atoms with E-state index in [0.29, 0.717) is 12.3 Å². The van der Waals surface area contributed by atoms with Gasteiger partial charge in [0.25, 0.3) is 5.91 Å². The van der Waals surface area contributed by atoms with Crippen LogP contribution in [-0.4, -0.2) is 37.5 Å². The van der Waals surface area contributed by atoms with E-state index in [1.54, 1.807) is 32.4 Å². The van der Waals surface area contributed by atoms with Gasteiger partial charge in [-0.05, 0) is 18.2 Å². The highest BCUT2D eigenvalue weighted by Crippen LogP contribution is 2.18. The van der Waals surface area contributed by atoms with Crippen LogP contribution in [0, 0.1) is 5.82 Å². The first-order valence-electron chi connectivity index (χ1n) is 7.96. The van der Waals surface area contributed by atoms with E-state index in [-0.39, 0.29) is 11.5 Å². The zero-order chi connectivity index (χ0) is 18.9. The zero-order valence-electron chi connectivity index (χ0n) is 14.6. The van der Waals surface area contributed by atoms with Gasteiger partial charge in [-0.3, -0.25) is 4.79 Å². The number of nitrogens with zero attached hydrogens (tertiary/aromatic N) is 1. The molecule has 0 aliphatic rings. The minimum atomic E-state index is -0.715. The van der Waals surface area contributed by atoms with E-state index in [1.807, 2.05) is 18.2 Å². The van der Waals surface area contributed by atoms with Crippen LogP contribution < -0.4 is 4.74 Å². The first kappa shape index (κ1) is 19.2. The maximum atomic E-state index is 13.5. The normalized spacial score (nSPS) is 10.6. The molecule has 136 valence electrons. The van der Waals surface area contributed by atoms with Gasteiger partial charge < -0.3 is 14.4 Å². The number of benzene rings is 2. The summed E-state index contributed by atoms with van der Waals surface area (Å²) in [7, 11) is 3.17. The number of amides is 1. The van der Waals surface area contributed by atoms with Crippen molar-refractivity contribution in [2.75, 3.05) is 20.8 Å². The molecule has 0 unspecified atom stereocenters. The van der Waals surface area contributed by atoms with Crippen LogP contribution in [-0.2, 0) is 20.9 Å². The van der Waals surface area contributed by atoms with Crippen molar-refractivity contribution in [3.63, 3.8) is 0 Å². The molecule has 0 radical (unpaired) electrons. The molecule has 0 fully saturated rings. The summed E-state index contributed by atoms with van der Waals surface area (Å²) in [6.45, 7) is -0.0719. The molecule has 0 atom stereocenters. The first-order valence-corrected chi connectivity index (χ1v) is 7.96. The fourth-order valence-electron chi connectivity index (χ4n) is 2.24. The van der Waals surface area contributed by atoms with Crippen LogP contribution in [0.3, 0.4) is 0 Å². The van der Waals surface area contributed by atoms with Gasteiger partial charge in [0.2, 0.25) is 0 Å². The molecule has 0 aromatic heterocycles. The molecular formula is C20H20FNO4. The molecule has 5 nitrogen and oxygen atoms in total. The quantitative estimate of drug-likeness (QED) is 0.565. The second-order valence-electron chi connectivity index (χ2n) is 5.52. The molecule has 0 heterocycles. The third-order valence-electron chi connectivity index (χ3n) is 3.67.